The van der Waals surface area contributed by atoms with Crippen LogP contribution >= 0.6 is 0 Å². The van der Waals surface area contributed by atoms with Gasteiger partial charge in [-0.25, -0.2) is 0 Å². The van der Waals surface area contributed by atoms with Crippen LogP contribution in [0.3, 0.4) is 0 Å². The molecular formula is C13H23NO2. The normalized spacial score (nSPS) is 29.9. The second kappa shape index (κ2) is 6.04. The minimum Gasteiger partial charge on any atom is -0.480 e. The molecule has 1 fully saturated rings. The topological polar surface area (TPSA) is 49.3 Å². The minimum atomic E-state index is -0.704. The summed E-state index contributed by atoms with van der Waals surface area (Å²) in [4.78, 5) is 11.3. The zero-order valence-corrected chi connectivity index (χ0v) is 10.2. The first-order valence-electron chi connectivity index (χ1n) is 6.24. The molecule has 0 unspecified atom stereocenters. The third kappa shape index (κ3) is 3.08. The number of carboxylic acid groups (broad SMARTS) is 1. The van der Waals surface area contributed by atoms with Gasteiger partial charge < -0.3 is 5.11 Å². The van der Waals surface area contributed by atoms with Crippen molar-refractivity contribution < 1.29 is 9.90 Å². The second-order valence-corrected chi connectivity index (χ2v) is 4.79. The summed E-state index contributed by atoms with van der Waals surface area (Å²) in [7, 11) is 0. The molecule has 0 aromatic heterocycles. The lowest BCUT2D eigenvalue weighted by Crippen LogP contribution is -2.54. The van der Waals surface area contributed by atoms with E-state index in [1.54, 1.807) is 6.08 Å². The van der Waals surface area contributed by atoms with Crippen molar-refractivity contribution in [3.05, 3.63) is 12.7 Å². The van der Waals surface area contributed by atoms with Gasteiger partial charge in [0.05, 0.1) is 0 Å². The molecule has 1 aliphatic carbocycles. The summed E-state index contributed by atoms with van der Waals surface area (Å²) < 4.78 is 0. The summed E-state index contributed by atoms with van der Waals surface area (Å²) in [5, 5.41) is 12.5. The molecule has 2 N–H and O–H groups in total. The average molecular weight is 225 g/mol. The van der Waals surface area contributed by atoms with Gasteiger partial charge >= 0.3 is 5.97 Å². The van der Waals surface area contributed by atoms with E-state index in [2.05, 4.69) is 18.8 Å². The molecule has 0 aromatic rings. The molecule has 0 spiro atoms. The summed E-state index contributed by atoms with van der Waals surface area (Å²) in [5.74, 6) is 0.0207. The Labute approximate surface area is 97.9 Å². The summed E-state index contributed by atoms with van der Waals surface area (Å²) in [6.07, 6.45) is 7.72. The molecule has 0 saturated heterocycles. The molecule has 3 heteroatoms. The van der Waals surface area contributed by atoms with Crippen LogP contribution in [0.4, 0.5) is 0 Å². The van der Waals surface area contributed by atoms with Crippen molar-refractivity contribution >= 4 is 5.97 Å². The van der Waals surface area contributed by atoms with Crippen LogP contribution in [-0.2, 0) is 4.79 Å². The lowest BCUT2D eigenvalue weighted by molar-refractivity contribution is -0.146. The average Bonchev–Trinajstić information content (AvgIpc) is 2.28. The number of nitrogens with one attached hydrogen (secondary N) is 1. The van der Waals surface area contributed by atoms with Crippen molar-refractivity contribution in [3.63, 3.8) is 0 Å². The zero-order chi connectivity index (χ0) is 12.0. The van der Waals surface area contributed by atoms with Crippen LogP contribution in [-0.4, -0.2) is 23.2 Å². The quantitative estimate of drug-likeness (QED) is 0.683. The number of rotatable bonds is 6. The standard InChI is InChI=1S/C13H23NO2/c1-3-5-11-6-8-13(9-7-11,12(15)16)14-10-4-2/h4,11,14H,2-3,5-10H2,1H3,(H,15,16). The monoisotopic (exact) mass is 225 g/mol. The summed E-state index contributed by atoms with van der Waals surface area (Å²) in [6.45, 7) is 6.39. The van der Waals surface area contributed by atoms with Crippen molar-refractivity contribution in [2.24, 2.45) is 5.92 Å². The Balaban J connectivity index is 2.55. The number of hydrogen-bond acceptors (Lipinski definition) is 2. The van der Waals surface area contributed by atoms with Gasteiger partial charge in [0, 0.05) is 6.54 Å². The highest BCUT2D eigenvalue weighted by Crippen LogP contribution is 2.34. The highest BCUT2D eigenvalue weighted by atomic mass is 16.4. The fourth-order valence-electron chi connectivity index (χ4n) is 2.60. The maximum atomic E-state index is 11.3. The van der Waals surface area contributed by atoms with E-state index in [9.17, 15) is 9.90 Å². The molecule has 16 heavy (non-hydrogen) atoms. The van der Waals surface area contributed by atoms with E-state index >= 15 is 0 Å². The van der Waals surface area contributed by atoms with Crippen LogP contribution in [0, 0.1) is 5.92 Å². The van der Waals surface area contributed by atoms with Crippen molar-refractivity contribution in [2.45, 2.75) is 51.0 Å². The highest BCUT2D eigenvalue weighted by molar-refractivity contribution is 5.79. The smallest absolute Gasteiger partial charge is 0.323 e. The molecule has 0 aliphatic heterocycles. The molecule has 92 valence electrons. The van der Waals surface area contributed by atoms with E-state index in [1.807, 2.05) is 0 Å². The van der Waals surface area contributed by atoms with Gasteiger partial charge in [0.1, 0.15) is 5.54 Å². The van der Waals surface area contributed by atoms with E-state index in [0.29, 0.717) is 6.54 Å². The van der Waals surface area contributed by atoms with Crippen LogP contribution in [0.15, 0.2) is 12.7 Å². The molecule has 1 rings (SSSR count). The molecule has 0 aromatic carbocycles. The van der Waals surface area contributed by atoms with E-state index in [-0.39, 0.29) is 0 Å². The Kier molecular flexibility index (Phi) is 5.00. The molecule has 0 heterocycles. The summed E-state index contributed by atoms with van der Waals surface area (Å²) >= 11 is 0. The van der Waals surface area contributed by atoms with Gasteiger partial charge in [-0.3, -0.25) is 10.1 Å². The van der Waals surface area contributed by atoms with Crippen molar-refractivity contribution in [1.29, 1.82) is 0 Å². The summed E-state index contributed by atoms with van der Waals surface area (Å²) in [5.41, 5.74) is -0.696. The predicted molar refractivity (Wildman–Crippen MR) is 65.4 cm³/mol. The van der Waals surface area contributed by atoms with Crippen molar-refractivity contribution in [1.82, 2.24) is 5.32 Å². The molecule has 1 aliphatic rings. The van der Waals surface area contributed by atoms with Gasteiger partial charge in [-0.15, -0.1) is 6.58 Å². The maximum absolute atomic E-state index is 11.3. The lowest BCUT2D eigenvalue weighted by atomic mass is 9.75. The fraction of sp³-hybridized carbons (Fsp3) is 0.769. The van der Waals surface area contributed by atoms with Crippen molar-refractivity contribution in [3.8, 4) is 0 Å². The third-order valence-electron chi connectivity index (χ3n) is 3.65. The Hall–Kier alpha value is -0.830. The molecule has 0 radical (unpaired) electrons. The summed E-state index contributed by atoms with van der Waals surface area (Å²) in [6, 6.07) is 0. The molecule has 3 nitrogen and oxygen atoms in total. The molecule has 0 atom stereocenters. The maximum Gasteiger partial charge on any atom is 0.323 e. The van der Waals surface area contributed by atoms with Gasteiger partial charge in [-0.1, -0.05) is 25.8 Å². The molecule has 0 amide bonds. The number of hydrogen-bond donors (Lipinski definition) is 2. The van der Waals surface area contributed by atoms with E-state index in [0.717, 1.165) is 31.6 Å². The Morgan fingerprint density at radius 3 is 2.62 bits per heavy atom. The number of carbonyl (C=O) groups is 1. The van der Waals surface area contributed by atoms with Gasteiger partial charge in [-0.2, -0.15) is 0 Å². The third-order valence-corrected chi connectivity index (χ3v) is 3.65. The Morgan fingerprint density at radius 1 is 1.56 bits per heavy atom. The van der Waals surface area contributed by atoms with Gasteiger partial charge in [0.2, 0.25) is 0 Å². The van der Waals surface area contributed by atoms with Crippen LogP contribution in [0.5, 0.6) is 0 Å². The van der Waals surface area contributed by atoms with Gasteiger partial charge in [0.15, 0.2) is 0 Å². The fourth-order valence-corrected chi connectivity index (χ4v) is 2.60. The van der Waals surface area contributed by atoms with Crippen LogP contribution in [0.1, 0.15) is 45.4 Å². The minimum absolute atomic E-state index is 0.574. The first-order valence-corrected chi connectivity index (χ1v) is 6.24. The number of aliphatic carboxylic acids is 1. The number of carboxylic acids is 1. The SMILES string of the molecule is C=CCNC1(C(=O)O)CCC(CCC)CC1. The first kappa shape index (κ1) is 13.2. The molecule has 1 saturated carbocycles. The van der Waals surface area contributed by atoms with Crippen LogP contribution in [0.25, 0.3) is 0 Å². The van der Waals surface area contributed by atoms with Gasteiger partial charge in [-0.05, 0) is 31.6 Å². The zero-order valence-electron chi connectivity index (χ0n) is 10.2. The largest absolute Gasteiger partial charge is 0.480 e. The lowest BCUT2D eigenvalue weighted by Gasteiger charge is -2.37. The van der Waals surface area contributed by atoms with E-state index in [1.165, 1.54) is 12.8 Å². The van der Waals surface area contributed by atoms with Crippen molar-refractivity contribution in [2.75, 3.05) is 6.54 Å². The predicted octanol–water partition coefficient (Wildman–Crippen LogP) is 2.58. The van der Waals surface area contributed by atoms with Crippen LogP contribution in [0.2, 0.25) is 0 Å². The van der Waals surface area contributed by atoms with E-state index in [4.69, 9.17) is 0 Å². The second-order valence-electron chi connectivity index (χ2n) is 4.79. The Morgan fingerprint density at radius 2 is 2.19 bits per heavy atom. The first-order chi connectivity index (χ1) is 7.64. The highest BCUT2D eigenvalue weighted by Gasteiger charge is 2.40. The van der Waals surface area contributed by atoms with E-state index < -0.39 is 11.5 Å². The van der Waals surface area contributed by atoms with Crippen LogP contribution < -0.4 is 5.32 Å². The Bertz CT molecular complexity index is 242. The van der Waals surface area contributed by atoms with Gasteiger partial charge in [0.25, 0.3) is 0 Å². The molecule has 0 bridgehead atoms. The molecular weight excluding hydrogens is 202 g/mol.